The van der Waals surface area contributed by atoms with Crippen molar-refractivity contribution in [1.82, 2.24) is 0 Å². The second-order valence-corrected chi connectivity index (χ2v) is 9.83. The zero-order chi connectivity index (χ0) is 28.2. The molecule has 38 heavy (non-hydrogen) atoms. The predicted octanol–water partition coefficient (Wildman–Crippen LogP) is -3.40. The zero-order valence-corrected chi connectivity index (χ0v) is 22.0. The molecule has 3 unspecified atom stereocenters. The third-order valence-electron chi connectivity index (χ3n) is 6.39. The SMILES string of the molecule is COc1cc2c(cc1OC)C[NH+](C1CCC[NH+](Cc3cccs3)C1)CC2.O=C([O-])C(=O)O.O=C([O-])C(=O)O. The Morgan fingerprint density at radius 1 is 1.00 bits per heavy atom. The number of quaternary nitrogens is 2. The van der Waals surface area contributed by atoms with Crippen LogP contribution in [0.4, 0.5) is 0 Å². The van der Waals surface area contributed by atoms with Gasteiger partial charge >= 0.3 is 11.9 Å². The molecule has 12 nitrogen and oxygen atoms in total. The number of carboxylic acids is 4. The number of ether oxygens (including phenoxy) is 2. The van der Waals surface area contributed by atoms with E-state index >= 15 is 0 Å². The minimum absolute atomic E-state index is 0.778. The summed E-state index contributed by atoms with van der Waals surface area (Å²) in [7, 11) is 3.45. The Kier molecular flexibility index (Phi) is 12.0. The van der Waals surface area contributed by atoms with Crippen LogP contribution in [0.2, 0.25) is 0 Å². The van der Waals surface area contributed by atoms with Crippen molar-refractivity contribution in [2.75, 3.05) is 33.9 Å². The summed E-state index contributed by atoms with van der Waals surface area (Å²) in [5, 5.41) is 34.8. The molecule has 3 heterocycles. The molecular formula is C25H32N2O10S. The summed E-state index contributed by atoms with van der Waals surface area (Å²) in [6.07, 6.45) is 3.86. The van der Waals surface area contributed by atoms with Crippen molar-refractivity contribution in [3.8, 4) is 11.5 Å². The molecule has 0 aliphatic carbocycles. The van der Waals surface area contributed by atoms with Gasteiger partial charge in [0.05, 0.1) is 32.2 Å². The third kappa shape index (κ3) is 9.32. The Hall–Kier alpha value is -3.68. The molecule has 2 aromatic rings. The number of piperidine rings is 1. The second kappa shape index (κ2) is 14.9. The highest BCUT2D eigenvalue weighted by molar-refractivity contribution is 7.09. The van der Waals surface area contributed by atoms with Gasteiger partial charge in [0, 0.05) is 24.8 Å². The van der Waals surface area contributed by atoms with Gasteiger partial charge < -0.3 is 49.3 Å². The van der Waals surface area contributed by atoms with Crippen molar-refractivity contribution >= 4 is 35.2 Å². The van der Waals surface area contributed by atoms with E-state index in [2.05, 4.69) is 29.6 Å². The molecule has 1 saturated heterocycles. The minimum atomic E-state index is -2.07. The number of carboxylic acid groups (broad SMARTS) is 4. The average Bonchev–Trinajstić information content (AvgIpc) is 3.41. The van der Waals surface area contributed by atoms with E-state index < -0.39 is 23.9 Å². The number of likely N-dealkylation sites (tertiary alicyclic amines) is 1. The summed E-state index contributed by atoms with van der Waals surface area (Å²) in [4.78, 5) is 41.1. The maximum atomic E-state index is 9.04. The molecule has 208 valence electrons. The average molecular weight is 553 g/mol. The van der Waals surface area contributed by atoms with Crippen LogP contribution in [0.3, 0.4) is 0 Å². The lowest BCUT2D eigenvalue weighted by Gasteiger charge is -2.37. The maximum absolute atomic E-state index is 9.04. The number of benzene rings is 1. The van der Waals surface area contributed by atoms with Gasteiger partial charge in [0.15, 0.2) is 23.4 Å². The number of thiophene rings is 1. The molecule has 1 fully saturated rings. The second-order valence-electron chi connectivity index (χ2n) is 8.80. The van der Waals surface area contributed by atoms with Crippen LogP contribution in [0.15, 0.2) is 29.6 Å². The van der Waals surface area contributed by atoms with E-state index in [1.807, 2.05) is 11.3 Å². The normalized spacial score (nSPS) is 19.8. The van der Waals surface area contributed by atoms with Gasteiger partial charge in [0.25, 0.3) is 0 Å². The number of carbonyl (C=O) groups is 4. The van der Waals surface area contributed by atoms with Crippen molar-refractivity contribution in [3.05, 3.63) is 45.6 Å². The molecule has 0 radical (unpaired) electrons. The highest BCUT2D eigenvalue weighted by atomic mass is 32.1. The number of nitrogens with one attached hydrogen (secondary N) is 2. The van der Waals surface area contributed by atoms with E-state index in [0.29, 0.717) is 0 Å². The molecule has 1 aromatic carbocycles. The first-order valence-corrected chi connectivity index (χ1v) is 12.8. The van der Waals surface area contributed by atoms with Gasteiger partial charge in [0.1, 0.15) is 25.7 Å². The maximum Gasteiger partial charge on any atom is 0.351 e. The summed E-state index contributed by atoms with van der Waals surface area (Å²) in [5.41, 5.74) is 2.87. The first kappa shape index (κ1) is 30.5. The molecular weight excluding hydrogens is 520 g/mol. The van der Waals surface area contributed by atoms with Gasteiger partial charge in [-0.15, -0.1) is 11.3 Å². The van der Waals surface area contributed by atoms with E-state index in [-0.39, 0.29) is 0 Å². The van der Waals surface area contributed by atoms with Crippen LogP contribution < -0.4 is 29.5 Å². The van der Waals surface area contributed by atoms with Gasteiger partial charge in [-0.05, 0) is 29.1 Å². The Labute approximate surface area is 223 Å². The number of carbonyl (C=O) groups excluding carboxylic acids is 2. The highest BCUT2D eigenvalue weighted by Crippen LogP contribution is 2.31. The van der Waals surface area contributed by atoms with Crippen molar-refractivity contribution in [1.29, 1.82) is 0 Å². The Morgan fingerprint density at radius 3 is 2.08 bits per heavy atom. The molecule has 13 heteroatoms. The van der Waals surface area contributed by atoms with Gasteiger partial charge in [-0.2, -0.15) is 0 Å². The van der Waals surface area contributed by atoms with Crippen LogP contribution in [-0.2, 0) is 38.7 Å². The lowest BCUT2D eigenvalue weighted by Crippen LogP contribution is -3.23. The first-order chi connectivity index (χ1) is 18.0. The largest absolute Gasteiger partial charge is 0.539 e. The zero-order valence-electron chi connectivity index (χ0n) is 21.2. The van der Waals surface area contributed by atoms with Gasteiger partial charge in [-0.1, -0.05) is 6.07 Å². The topological polar surface area (TPSA) is 182 Å². The monoisotopic (exact) mass is 552 g/mol. The fraction of sp³-hybridized carbons (Fsp3) is 0.440. The molecule has 0 saturated carbocycles. The van der Waals surface area contributed by atoms with Crippen molar-refractivity contribution in [2.45, 2.75) is 38.4 Å². The standard InChI is InChI=1S/C21H28N2O2S.2C2H2O4/c1-24-20-11-16-7-9-23(13-17(16)12-21(20)25-2)18-5-3-8-22(14-18)15-19-6-4-10-26-19;2*3-1(4)2(5)6/h4,6,10-12,18H,3,5,7-9,13-15H2,1-2H3;2*(H,3,4)(H,5,6). The lowest BCUT2D eigenvalue weighted by molar-refractivity contribution is -0.998. The van der Waals surface area contributed by atoms with Crippen LogP contribution in [0.25, 0.3) is 0 Å². The molecule has 0 spiro atoms. The molecule has 2 aliphatic rings. The molecule has 2 aliphatic heterocycles. The molecule has 4 rings (SSSR count). The van der Waals surface area contributed by atoms with E-state index in [1.54, 1.807) is 24.0 Å². The summed E-state index contributed by atoms with van der Waals surface area (Å²) in [6.45, 7) is 6.17. The number of aliphatic carboxylic acids is 4. The number of methoxy groups -OCH3 is 2. The number of hydrogen-bond acceptors (Lipinski definition) is 9. The Bertz CT molecular complexity index is 1060. The van der Waals surface area contributed by atoms with Crippen molar-refractivity contribution in [3.63, 3.8) is 0 Å². The molecule has 1 aromatic heterocycles. The number of fused-ring (bicyclic) bond motifs is 1. The molecule has 0 bridgehead atoms. The van der Waals surface area contributed by atoms with Crippen LogP contribution >= 0.6 is 11.3 Å². The first-order valence-electron chi connectivity index (χ1n) is 11.9. The van der Waals surface area contributed by atoms with E-state index in [1.165, 1.54) is 55.0 Å². The smallest absolute Gasteiger partial charge is 0.351 e. The molecule has 3 atom stereocenters. The van der Waals surface area contributed by atoms with Gasteiger partial charge in [0.2, 0.25) is 0 Å². The lowest BCUT2D eigenvalue weighted by atomic mass is 9.95. The van der Waals surface area contributed by atoms with Crippen molar-refractivity contribution in [2.24, 2.45) is 0 Å². The van der Waals surface area contributed by atoms with Crippen LogP contribution in [0.1, 0.15) is 28.8 Å². The summed E-state index contributed by atoms with van der Waals surface area (Å²) < 4.78 is 11.0. The number of hydrogen-bond donors (Lipinski definition) is 4. The highest BCUT2D eigenvalue weighted by Gasteiger charge is 2.34. The Morgan fingerprint density at radius 2 is 1.58 bits per heavy atom. The summed E-state index contributed by atoms with van der Waals surface area (Å²) >= 11 is 1.90. The fourth-order valence-electron chi connectivity index (χ4n) is 4.66. The van der Waals surface area contributed by atoms with Crippen LogP contribution in [0, 0.1) is 0 Å². The van der Waals surface area contributed by atoms with E-state index in [0.717, 1.165) is 30.5 Å². The Balaban J connectivity index is 0.000000355. The van der Waals surface area contributed by atoms with Crippen LogP contribution in [-0.4, -0.2) is 74.0 Å². The third-order valence-corrected chi connectivity index (χ3v) is 7.26. The fourth-order valence-corrected chi connectivity index (χ4v) is 5.43. The molecule has 0 amide bonds. The molecule has 4 N–H and O–H groups in total. The van der Waals surface area contributed by atoms with E-state index in [4.69, 9.17) is 49.1 Å². The van der Waals surface area contributed by atoms with Gasteiger partial charge in [-0.3, -0.25) is 0 Å². The van der Waals surface area contributed by atoms with Crippen LogP contribution in [0.5, 0.6) is 11.5 Å². The van der Waals surface area contributed by atoms with Gasteiger partial charge in [-0.25, -0.2) is 9.59 Å². The minimum Gasteiger partial charge on any atom is -0.539 e. The van der Waals surface area contributed by atoms with Crippen molar-refractivity contribution < 1.29 is 58.9 Å². The number of rotatable bonds is 5. The van der Waals surface area contributed by atoms with E-state index in [9.17, 15) is 0 Å². The predicted molar refractivity (Wildman–Crippen MR) is 130 cm³/mol. The summed E-state index contributed by atoms with van der Waals surface area (Å²) in [6, 6.07) is 9.62. The quantitative estimate of drug-likeness (QED) is 0.273. The summed E-state index contributed by atoms with van der Waals surface area (Å²) in [5.74, 6) is -6.30.